The van der Waals surface area contributed by atoms with E-state index in [1.165, 1.54) is 10.5 Å². The van der Waals surface area contributed by atoms with Crippen molar-refractivity contribution < 1.29 is 0 Å². The second kappa shape index (κ2) is 5.58. The van der Waals surface area contributed by atoms with E-state index in [0.29, 0.717) is 6.54 Å². The zero-order valence-corrected chi connectivity index (χ0v) is 9.44. The molecule has 3 heteroatoms. The van der Waals surface area contributed by atoms with Crippen molar-refractivity contribution in [3.8, 4) is 0 Å². The molecule has 1 atom stereocenters. The summed E-state index contributed by atoms with van der Waals surface area (Å²) in [6.07, 6.45) is 0. The number of nitrogens with two attached hydrogens (primary N) is 1. The first-order valence-corrected chi connectivity index (χ1v) is 5.89. The lowest BCUT2D eigenvalue weighted by atomic mass is 10.1. The average Bonchev–Trinajstić information content (AvgIpc) is 2.18. The van der Waals surface area contributed by atoms with E-state index in [1.807, 2.05) is 11.8 Å². The van der Waals surface area contributed by atoms with E-state index in [1.54, 1.807) is 0 Å². The van der Waals surface area contributed by atoms with Crippen LogP contribution in [0.15, 0.2) is 29.2 Å². The number of thioether (sulfide) groups is 1. The van der Waals surface area contributed by atoms with Crippen LogP contribution in [-0.2, 0) is 0 Å². The molecule has 0 aromatic heterocycles. The van der Waals surface area contributed by atoms with Crippen molar-refractivity contribution in [1.29, 1.82) is 0 Å². The van der Waals surface area contributed by atoms with Gasteiger partial charge in [0.05, 0.1) is 0 Å². The first kappa shape index (κ1) is 11.0. The van der Waals surface area contributed by atoms with Crippen LogP contribution in [0.25, 0.3) is 0 Å². The highest BCUT2D eigenvalue weighted by Gasteiger charge is 2.02. The van der Waals surface area contributed by atoms with Crippen LogP contribution in [0.3, 0.4) is 0 Å². The molecule has 0 saturated heterocycles. The van der Waals surface area contributed by atoms with Crippen molar-refractivity contribution in [2.45, 2.75) is 17.1 Å². The van der Waals surface area contributed by atoms with Gasteiger partial charge in [-0.15, -0.1) is 11.8 Å². The molecular weight excluding hydrogens is 198 g/mol. The molecular formula is C10H15NS2. The Morgan fingerprint density at radius 2 is 2.00 bits per heavy atom. The van der Waals surface area contributed by atoms with Crippen LogP contribution in [0.2, 0.25) is 0 Å². The normalized spacial score (nSPS) is 12.8. The molecule has 1 aromatic carbocycles. The molecule has 0 saturated carbocycles. The van der Waals surface area contributed by atoms with Gasteiger partial charge < -0.3 is 5.73 Å². The average molecular weight is 213 g/mol. The molecule has 0 aliphatic rings. The van der Waals surface area contributed by atoms with Gasteiger partial charge in [-0.25, -0.2) is 0 Å². The Balaban J connectivity index is 2.69. The first-order valence-electron chi connectivity index (χ1n) is 4.38. The second-order valence-corrected chi connectivity index (χ2v) is 4.71. The van der Waals surface area contributed by atoms with Gasteiger partial charge in [-0.2, -0.15) is 12.6 Å². The van der Waals surface area contributed by atoms with Crippen LogP contribution in [-0.4, -0.2) is 12.3 Å². The van der Waals surface area contributed by atoms with Crippen LogP contribution in [0.5, 0.6) is 0 Å². The van der Waals surface area contributed by atoms with E-state index < -0.39 is 0 Å². The topological polar surface area (TPSA) is 26.0 Å². The lowest BCUT2D eigenvalue weighted by Crippen LogP contribution is -2.06. The lowest BCUT2D eigenvalue weighted by molar-refractivity contribution is 0.947. The van der Waals surface area contributed by atoms with Gasteiger partial charge in [0.15, 0.2) is 0 Å². The lowest BCUT2D eigenvalue weighted by Gasteiger charge is -2.08. The maximum Gasteiger partial charge on any atom is 0.0389 e. The fraction of sp³-hybridized carbons (Fsp3) is 0.400. The molecule has 0 amide bonds. The minimum atomic E-state index is 0.167. The third-order valence-corrected chi connectivity index (χ3v) is 3.20. The molecule has 2 N–H and O–H groups in total. The molecule has 0 radical (unpaired) electrons. The van der Waals surface area contributed by atoms with E-state index >= 15 is 0 Å². The number of rotatable bonds is 4. The molecule has 1 nitrogen and oxygen atoms in total. The van der Waals surface area contributed by atoms with E-state index in [-0.39, 0.29) is 5.25 Å². The molecule has 1 aromatic rings. The third-order valence-electron chi connectivity index (χ3n) is 1.80. The molecule has 0 bridgehead atoms. The molecule has 1 unspecified atom stereocenters. The summed E-state index contributed by atoms with van der Waals surface area (Å²) in [5.41, 5.74) is 6.72. The summed E-state index contributed by atoms with van der Waals surface area (Å²) in [6, 6.07) is 8.45. The highest BCUT2D eigenvalue weighted by molar-refractivity contribution is 7.99. The number of hydrogen-bond acceptors (Lipinski definition) is 3. The highest BCUT2D eigenvalue weighted by Crippen LogP contribution is 2.23. The van der Waals surface area contributed by atoms with Crippen LogP contribution in [0.4, 0.5) is 0 Å². The minimum absolute atomic E-state index is 0.167. The Morgan fingerprint density at radius 1 is 1.38 bits per heavy atom. The molecule has 1 rings (SSSR count). The van der Waals surface area contributed by atoms with E-state index in [9.17, 15) is 0 Å². The monoisotopic (exact) mass is 213 g/mol. The first-order chi connectivity index (χ1) is 6.27. The Kier molecular flexibility index (Phi) is 4.70. The van der Waals surface area contributed by atoms with Gasteiger partial charge in [-0.3, -0.25) is 0 Å². The number of hydrogen-bond donors (Lipinski definition) is 2. The summed E-state index contributed by atoms with van der Waals surface area (Å²) in [5.74, 6) is 1.11. The Bertz CT molecular complexity index is 246. The van der Waals surface area contributed by atoms with Crippen LogP contribution in [0, 0.1) is 0 Å². The fourth-order valence-electron chi connectivity index (χ4n) is 1.09. The molecule has 13 heavy (non-hydrogen) atoms. The third kappa shape index (κ3) is 3.25. The quantitative estimate of drug-likeness (QED) is 0.594. The Morgan fingerprint density at radius 3 is 2.46 bits per heavy atom. The van der Waals surface area contributed by atoms with Gasteiger partial charge in [0.25, 0.3) is 0 Å². The Labute approximate surface area is 89.5 Å². The summed E-state index contributed by atoms with van der Waals surface area (Å²) in [4.78, 5) is 1.31. The van der Waals surface area contributed by atoms with Crippen LogP contribution >= 0.6 is 24.4 Å². The zero-order valence-electron chi connectivity index (χ0n) is 7.73. The van der Waals surface area contributed by atoms with Crippen molar-refractivity contribution >= 4 is 24.4 Å². The Hall–Kier alpha value is -0.120. The SMILES string of the molecule is CCSc1ccc(C(S)CN)cc1. The number of benzene rings is 1. The molecule has 72 valence electrons. The van der Waals surface area contributed by atoms with Gasteiger partial charge in [0.2, 0.25) is 0 Å². The van der Waals surface area contributed by atoms with E-state index in [2.05, 4.69) is 43.8 Å². The minimum Gasteiger partial charge on any atom is -0.329 e. The molecule has 0 spiro atoms. The molecule has 0 fully saturated rings. The van der Waals surface area contributed by atoms with Crippen molar-refractivity contribution in [2.24, 2.45) is 5.73 Å². The van der Waals surface area contributed by atoms with Gasteiger partial charge >= 0.3 is 0 Å². The van der Waals surface area contributed by atoms with Crippen molar-refractivity contribution in [3.05, 3.63) is 29.8 Å². The fourth-order valence-corrected chi connectivity index (χ4v) is 1.92. The summed E-state index contributed by atoms with van der Waals surface area (Å²) in [7, 11) is 0. The van der Waals surface area contributed by atoms with Crippen LogP contribution < -0.4 is 5.73 Å². The summed E-state index contributed by atoms with van der Waals surface area (Å²) in [6.45, 7) is 2.74. The van der Waals surface area contributed by atoms with Crippen molar-refractivity contribution in [1.82, 2.24) is 0 Å². The van der Waals surface area contributed by atoms with Gasteiger partial charge in [0.1, 0.15) is 0 Å². The highest BCUT2D eigenvalue weighted by atomic mass is 32.2. The maximum atomic E-state index is 5.52. The largest absolute Gasteiger partial charge is 0.329 e. The van der Waals surface area contributed by atoms with E-state index in [4.69, 9.17) is 5.73 Å². The molecule has 0 heterocycles. The standard InChI is InChI=1S/C10H15NS2/c1-2-13-9-5-3-8(4-6-9)10(12)7-11/h3-6,10,12H,2,7,11H2,1H3. The zero-order chi connectivity index (χ0) is 9.68. The number of thiol groups is 1. The summed E-state index contributed by atoms with van der Waals surface area (Å²) >= 11 is 6.22. The van der Waals surface area contributed by atoms with Crippen molar-refractivity contribution in [2.75, 3.05) is 12.3 Å². The van der Waals surface area contributed by atoms with Gasteiger partial charge in [-0.1, -0.05) is 19.1 Å². The van der Waals surface area contributed by atoms with Crippen LogP contribution in [0.1, 0.15) is 17.7 Å². The molecule has 0 aliphatic heterocycles. The van der Waals surface area contributed by atoms with Gasteiger partial charge in [0, 0.05) is 16.7 Å². The maximum absolute atomic E-state index is 5.52. The summed E-state index contributed by atoms with van der Waals surface area (Å²) in [5, 5.41) is 0.167. The summed E-state index contributed by atoms with van der Waals surface area (Å²) < 4.78 is 0. The van der Waals surface area contributed by atoms with E-state index in [0.717, 1.165) is 5.75 Å². The van der Waals surface area contributed by atoms with Crippen molar-refractivity contribution in [3.63, 3.8) is 0 Å². The smallest absolute Gasteiger partial charge is 0.0389 e. The van der Waals surface area contributed by atoms with Gasteiger partial charge in [-0.05, 0) is 23.4 Å². The predicted molar refractivity (Wildman–Crippen MR) is 63.6 cm³/mol. The molecule has 0 aliphatic carbocycles. The predicted octanol–water partition coefficient (Wildman–Crippen LogP) is 2.73. The second-order valence-electron chi connectivity index (χ2n) is 2.75.